The van der Waals surface area contributed by atoms with Crippen LogP contribution >= 0.6 is 15.9 Å². The fourth-order valence-corrected chi connectivity index (χ4v) is 1.17. The van der Waals surface area contributed by atoms with Gasteiger partial charge in [-0.05, 0) is 25.1 Å². The van der Waals surface area contributed by atoms with Crippen molar-refractivity contribution in [1.82, 2.24) is 10.2 Å². The predicted octanol–water partition coefficient (Wildman–Crippen LogP) is 1.95. The average molecular weight is 271 g/mol. The van der Waals surface area contributed by atoms with E-state index in [4.69, 9.17) is 4.74 Å². The average Bonchev–Trinajstić information content (AvgIpc) is 2.27. The highest BCUT2D eigenvalue weighted by molar-refractivity contribution is 9.08. The molecule has 0 radical (unpaired) electrons. The van der Waals surface area contributed by atoms with Crippen LogP contribution in [0, 0.1) is 0 Å². The van der Waals surface area contributed by atoms with Crippen molar-refractivity contribution < 1.29 is 9.53 Å². The van der Waals surface area contributed by atoms with Crippen LogP contribution < -0.4 is 0 Å². The predicted molar refractivity (Wildman–Crippen MR) is 60.3 cm³/mol. The Balaban J connectivity index is 2.60. The fraction of sp³-hybridized carbons (Fsp3) is 0.300. The van der Waals surface area contributed by atoms with Gasteiger partial charge in [0, 0.05) is 11.4 Å². The first-order valence-corrected chi connectivity index (χ1v) is 5.61. The van der Waals surface area contributed by atoms with Crippen LogP contribution in [0.3, 0.4) is 0 Å². The molecule has 0 spiro atoms. The molecule has 80 valence electrons. The monoisotopic (exact) mass is 270 g/mol. The Morgan fingerprint density at radius 1 is 1.53 bits per heavy atom. The lowest BCUT2D eigenvalue weighted by Gasteiger charge is -1.95. The second kappa shape index (κ2) is 6.29. The summed E-state index contributed by atoms with van der Waals surface area (Å²) >= 11 is 3.27. The Labute approximate surface area is 96.5 Å². The van der Waals surface area contributed by atoms with Gasteiger partial charge < -0.3 is 4.74 Å². The van der Waals surface area contributed by atoms with Crippen molar-refractivity contribution in [1.29, 1.82) is 0 Å². The van der Waals surface area contributed by atoms with Gasteiger partial charge in [0.05, 0.1) is 18.0 Å². The standard InChI is InChI=1S/C10H11BrN2O2/c1-2-15-10(14)6-5-8-3-4-9(7-11)13-12-8/h3-6H,2,7H2,1H3/b6-5+. The van der Waals surface area contributed by atoms with E-state index in [2.05, 4.69) is 26.1 Å². The third kappa shape index (κ3) is 4.20. The summed E-state index contributed by atoms with van der Waals surface area (Å²) in [4.78, 5) is 11.0. The van der Waals surface area contributed by atoms with Crippen LogP contribution in [0.2, 0.25) is 0 Å². The molecule has 0 aliphatic heterocycles. The van der Waals surface area contributed by atoms with E-state index in [0.29, 0.717) is 17.6 Å². The maximum atomic E-state index is 11.0. The number of hydrogen-bond acceptors (Lipinski definition) is 4. The number of ether oxygens (including phenoxy) is 1. The van der Waals surface area contributed by atoms with E-state index in [9.17, 15) is 4.79 Å². The second-order valence-corrected chi connectivity index (χ2v) is 3.23. The third-order valence-electron chi connectivity index (χ3n) is 1.55. The summed E-state index contributed by atoms with van der Waals surface area (Å²) in [5.41, 5.74) is 1.48. The van der Waals surface area contributed by atoms with Crippen LogP contribution in [-0.2, 0) is 14.9 Å². The Kier molecular flexibility index (Phi) is 4.97. The van der Waals surface area contributed by atoms with Crippen LogP contribution in [0.25, 0.3) is 6.08 Å². The van der Waals surface area contributed by atoms with Crippen LogP contribution in [0.5, 0.6) is 0 Å². The van der Waals surface area contributed by atoms with Crippen molar-refractivity contribution in [3.05, 3.63) is 29.6 Å². The summed E-state index contributed by atoms with van der Waals surface area (Å²) in [7, 11) is 0. The van der Waals surface area contributed by atoms with E-state index in [0.717, 1.165) is 5.69 Å². The molecule has 0 fully saturated rings. The van der Waals surface area contributed by atoms with Gasteiger partial charge in [0.25, 0.3) is 0 Å². The van der Waals surface area contributed by atoms with Gasteiger partial charge >= 0.3 is 5.97 Å². The highest BCUT2D eigenvalue weighted by Crippen LogP contribution is 2.02. The number of nitrogens with zero attached hydrogens (tertiary/aromatic N) is 2. The number of halogens is 1. The quantitative estimate of drug-likeness (QED) is 0.477. The van der Waals surface area contributed by atoms with E-state index in [-0.39, 0.29) is 5.97 Å². The molecular weight excluding hydrogens is 260 g/mol. The Morgan fingerprint density at radius 3 is 2.87 bits per heavy atom. The van der Waals surface area contributed by atoms with E-state index >= 15 is 0 Å². The number of alkyl halides is 1. The van der Waals surface area contributed by atoms with Crippen LogP contribution in [-0.4, -0.2) is 22.8 Å². The number of hydrogen-bond donors (Lipinski definition) is 0. The van der Waals surface area contributed by atoms with E-state index < -0.39 is 0 Å². The van der Waals surface area contributed by atoms with Gasteiger partial charge in [-0.25, -0.2) is 4.79 Å². The van der Waals surface area contributed by atoms with Crippen molar-refractivity contribution in [2.24, 2.45) is 0 Å². The van der Waals surface area contributed by atoms with Gasteiger partial charge in [0.2, 0.25) is 0 Å². The van der Waals surface area contributed by atoms with E-state index in [1.165, 1.54) is 6.08 Å². The molecule has 0 aliphatic carbocycles. The smallest absolute Gasteiger partial charge is 0.330 e. The molecule has 4 nitrogen and oxygen atoms in total. The summed E-state index contributed by atoms with van der Waals surface area (Å²) in [6.45, 7) is 2.13. The van der Waals surface area contributed by atoms with Gasteiger partial charge in [-0.1, -0.05) is 15.9 Å². The summed E-state index contributed by atoms with van der Waals surface area (Å²) in [6, 6.07) is 3.63. The minimum atomic E-state index is -0.371. The minimum Gasteiger partial charge on any atom is -0.463 e. The number of esters is 1. The molecule has 1 aromatic heterocycles. The molecule has 0 aromatic carbocycles. The molecule has 0 unspecified atom stereocenters. The topological polar surface area (TPSA) is 52.1 Å². The number of carbonyl (C=O) groups is 1. The molecule has 1 aromatic rings. The number of aromatic nitrogens is 2. The van der Waals surface area contributed by atoms with Crippen LogP contribution in [0.1, 0.15) is 18.3 Å². The maximum Gasteiger partial charge on any atom is 0.330 e. The van der Waals surface area contributed by atoms with Crippen molar-refractivity contribution in [2.45, 2.75) is 12.3 Å². The summed E-state index contributed by atoms with van der Waals surface area (Å²) in [5, 5.41) is 8.50. The second-order valence-electron chi connectivity index (χ2n) is 2.67. The molecule has 0 saturated carbocycles. The SMILES string of the molecule is CCOC(=O)/C=C/c1ccc(CBr)nn1. The number of carbonyl (C=O) groups excluding carboxylic acids is 1. The summed E-state index contributed by atoms with van der Waals surface area (Å²) < 4.78 is 4.73. The minimum absolute atomic E-state index is 0.371. The Hall–Kier alpha value is -1.23. The van der Waals surface area contributed by atoms with Crippen molar-refractivity contribution in [2.75, 3.05) is 6.61 Å². The molecule has 0 N–H and O–H groups in total. The van der Waals surface area contributed by atoms with E-state index in [1.54, 1.807) is 19.1 Å². The molecule has 0 atom stereocenters. The van der Waals surface area contributed by atoms with Crippen molar-refractivity contribution in [3.8, 4) is 0 Å². The fourth-order valence-electron chi connectivity index (χ4n) is 0.874. The molecule has 1 rings (SSSR count). The highest BCUT2D eigenvalue weighted by atomic mass is 79.9. The lowest BCUT2D eigenvalue weighted by atomic mass is 10.3. The normalized spacial score (nSPS) is 10.5. The number of rotatable bonds is 4. The van der Waals surface area contributed by atoms with Crippen molar-refractivity contribution in [3.63, 3.8) is 0 Å². The molecule has 0 aliphatic rings. The molecule has 0 amide bonds. The molecule has 5 heteroatoms. The zero-order valence-electron chi connectivity index (χ0n) is 8.31. The van der Waals surface area contributed by atoms with Crippen molar-refractivity contribution >= 4 is 28.0 Å². The zero-order valence-corrected chi connectivity index (χ0v) is 9.90. The third-order valence-corrected chi connectivity index (χ3v) is 2.13. The molecule has 1 heterocycles. The largest absolute Gasteiger partial charge is 0.463 e. The van der Waals surface area contributed by atoms with Gasteiger partial charge in [0.1, 0.15) is 0 Å². The Bertz CT molecular complexity index is 349. The van der Waals surface area contributed by atoms with Gasteiger partial charge in [0.15, 0.2) is 0 Å². The Morgan fingerprint density at radius 2 is 2.33 bits per heavy atom. The molecular formula is C10H11BrN2O2. The molecule has 0 bridgehead atoms. The highest BCUT2D eigenvalue weighted by Gasteiger charge is 1.96. The first kappa shape index (κ1) is 11.8. The lowest BCUT2D eigenvalue weighted by Crippen LogP contribution is -1.99. The van der Waals surface area contributed by atoms with Crippen LogP contribution in [0.15, 0.2) is 18.2 Å². The van der Waals surface area contributed by atoms with Crippen LogP contribution in [0.4, 0.5) is 0 Å². The summed E-state index contributed by atoms with van der Waals surface area (Å²) in [5.74, 6) is -0.371. The zero-order chi connectivity index (χ0) is 11.1. The molecule has 15 heavy (non-hydrogen) atoms. The van der Waals surface area contributed by atoms with E-state index in [1.807, 2.05) is 6.07 Å². The lowest BCUT2D eigenvalue weighted by molar-refractivity contribution is -0.137. The van der Waals surface area contributed by atoms with Gasteiger partial charge in [-0.2, -0.15) is 10.2 Å². The first-order valence-electron chi connectivity index (χ1n) is 4.49. The summed E-state index contributed by atoms with van der Waals surface area (Å²) in [6.07, 6.45) is 2.91. The maximum absolute atomic E-state index is 11.0. The molecule has 0 saturated heterocycles. The van der Waals surface area contributed by atoms with Gasteiger partial charge in [-0.15, -0.1) is 0 Å². The van der Waals surface area contributed by atoms with Gasteiger partial charge in [-0.3, -0.25) is 0 Å². The first-order chi connectivity index (χ1) is 7.26.